The maximum absolute atomic E-state index is 12.5. The van der Waals surface area contributed by atoms with E-state index in [1.165, 1.54) is 80.3 Å². The number of carbonyl (C=O) groups excluding carboxylic acids is 1. The van der Waals surface area contributed by atoms with Crippen molar-refractivity contribution < 1.29 is 4.79 Å². The molecule has 2 fully saturated rings. The van der Waals surface area contributed by atoms with Crippen molar-refractivity contribution in [2.45, 2.75) is 84.1 Å². The first kappa shape index (κ1) is 23.4. The fourth-order valence-corrected chi connectivity index (χ4v) is 7.75. The Morgan fingerprint density at radius 3 is 2.55 bits per heavy atom. The zero-order chi connectivity index (χ0) is 22.8. The van der Waals surface area contributed by atoms with Gasteiger partial charge in [0.15, 0.2) is 5.13 Å². The Labute approximate surface area is 206 Å². The molecule has 180 valence electrons. The molecule has 0 N–H and O–H groups in total. The van der Waals surface area contributed by atoms with Crippen molar-refractivity contribution in [1.82, 2.24) is 14.9 Å². The molecule has 33 heavy (non-hydrogen) atoms. The maximum Gasteiger partial charge on any atom is 0.186 e. The second-order valence-electron chi connectivity index (χ2n) is 10.5. The van der Waals surface area contributed by atoms with Crippen LogP contribution in [0.15, 0.2) is 6.20 Å². The van der Waals surface area contributed by atoms with E-state index in [9.17, 15) is 4.79 Å². The molecule has 2 aromatic heterocycles. The Balaban J connectivity index is 1.00. The molecule has 4 heterocycles. The minimum atomic E-state index is 0.402. The number of aryl methyl sites for hydroxylation is 1. The van der Waals surface area contributed by atoms with Crippen LogP contribution < -0.4 is 4.90 Å². The molecule has 5 rings (SSSR count). The second kappa shape index (κ2) is 10.5. The van der Waals surface area contributed by atoms with Crippen LogP contribution in [0.1, 0.15) is 72.3 Å². The number of ketones is 1. The third-order valence-corrected chi connectivity index (χ3v) is 10.1. The molecular formula is C26H38N4OS2. The summed E-state index contributed by atoms with van der Waals surface area (Å²) in [6.07, 6.45) is 13.2. The highest BCUT2D eigenvalue weighted by Gasteiger charge is 2.29. The van der Waals surface area contributed by atoms with E-state index in [-0.39, 0.29) is 0 Å². The van der Waals surface area contributed by atoms with Crippen molar-refractivity contribution in [2.75, 3.05) is 31.1 Å². The molecular weight excluding hydrogens is 448 g/mol. The first-order valence-corrected chi connectivity index (χ1v) is 14.6. The molecule has 2 aliphatic heterocycles. The fourth-order valence-electron chi connectivity index (χ4n) is 5.71. The lowest BCUT2D eigenvalue weighted by Crippen LogP contribution is -2.45. The number of hydrogen-bond acceptors (Lipinski definition) is 7. The Morgan fingerprint density at radius 1 is 1.06 bits per heavy atom. The van der Waals surface area contributed by atoms with Gasteiger partial charge < -0.3 is 9.80 Å². The summed E-state index contributed by atoms with van der Waals surface area (Å²) in [6, 6.07) is 0.673. The van der Waals surface area contributed by atoms with E-state index in [0.717, 1.165) is 35.2 Å². The monoisotopic (exact) mass is 486 g/mol. The molecule has 2 aromatic rings. The van der Waals surface area contributed by atoms with Crippen LogP contribution in [0.2, 0.25) is 0 Å². The molecule has 3 aliphatic rings. The molecule has 1 aliphatic carbocycles. The van der Waals surface area contributed by atoms with E-state index < -0.39 is 0 Å². The van der Waals surface area contributed by atoms with Gasteiger partial charge in [-0.15, -0.1) is 22.7 Å². The number of anilines is 1. The van der Waals surface area contributed by atoms with Crippen molar-refractivity contribution >= 4 is 33.6 Å². The van der Waals surface area contributed by atoms with E-state index in [0.29, 0.717) is 24.2 Å². The summed E-state index contributed by atoms with van der Waals surface area (Å²) < 4.78 is 0. The van der Waals surface area contributed by atoms with Gasteiger partial charge >= 0.3 is 0 Å². The summed E-state index contributed by atoms with van der Waals surface area (Å²) in [5.41, 5.74) is 1.37. The van der Waals surface area contributed by atoms with E-state index in [4.69, 9.17) is 4.98 Å². The van der Waals surface area contributed by atoms with Gasteiger partial charge in [-0.1, -0.05) is 12.8 Å². The maximum atomic E-state index is 12.5. The van der Waals surface area contributed by atoms with E-state index in [2.05, 4.69) is 21.7 Å². The molecule has 1 unspecified atom stereocenters. The van der Waals surface area contributed by atoms with Crippen LogP contribution in [-0.4, -0.2) is 52.9 Å². The van der Waals surface area contributed by atoms with Gasteiger partial charge in [0.25, 0.3) is 0 Å². The molecule has 1 saturated heterocycles. The minimum Gasteiger partial charge on any atom is -0.345 e. The minimum absolute atomic E-state index is 0.402. The molecule has 0 aromatic carbocycles. The predicted octanol–water partition coefficient (Wildman–Crippen LogP) is 5.31. The number of rotatable bonds is 8. The molecule has 1 atom stereocenters. The van der Waals surface area contributed by atoms with Crippen LogP contribution in [0, 0.1) is 18.8 Å². The highest BCUT2D eigenvalue weighted by molar-refractivity contribution is 7.15. The summed E-state index contributed by atoms with van der Waals surface area (Å²) in [5.74, 6) is 1.85. The van der Waals surface area contributed by atoms with Crippen molar-refractivity contribution in [3.63, 3.8) is 0 Å². The lowest BCUT2D eigenvalue weighted by Gasteiger charge is -2.38. The lowest BCUT2D eigenvalue weighted by atomic mass is 9.78. The van der Waals surface area contributed by atoms with E-state index in [1.807, 2.05) is 24.5 Å². The van der Waals surface area contributed by atoms with Gasteiger partial charge in [-0.2, -0.15) is 0 Å². The van der Waals surface area contributed by atoms with E-state index >= 15 is 0 Å². The van der Waals surface area contributed by atoms with Gasteiger partial charge in [0.2, 0.25) is 0 Å². The second-order valence-corrected chi connectivity index (χ2v) is 12.9. The van der Waals surface area contributed by atoms with Gasteiger partial charge in [-0.05, 0) is 64.3 Å². The third kappa shape index (κ3) is 5.85. The van der Waals surface area contributed by atoms with Gasteiger partial charge in [0, 0.05) is 60.9 Å². The molecule has 7 heteroatoms. The van der Waals surface area contributed by atoms with Crippen molar-refractivity contribution in [2.24, 2.45) is 11.8 Å². The third-order valence-electron chi connectivity index (χ3n) is 8.03. The fraction of sp³-hybridized carbons (Fsp3) is 0.731. The Bertz CT molecular complexity index is 920. The van der Waals surface area contributed by atoms with Gasteiger partial charge in [0.1, 0.15) is 5.78 Å². The number of aromatic nitrogens is 2. The number of hydrogen-bond donors (Lipinski definition) is 0. The number of thiazole rings is 2. The Kier molecular flexibility index (Phi) is 7.48. The summed E-state index contributed by atoms with van der Waals surface area (Å²) in [5, 5.41) is 2.32. The highest BCUT2D eigenvalue weighted by atomic mass is 32.1. The molecule has 0 radical (unpaired) electrons. The summed E-state index contributed by atoms with van der Waals surface area (Å²) in [6.45, 7) is 9.07. The molecule has 0 amide bonds. The van der Waals surface area contributed by atoms with Crippen molar-refractivity contribution in [1.29, 1.82) is 0 Å². The normalized spacial score (nSPS) is 26.0. The zero-order valence-corrected chi connectivity index (χ0v) is 21.9. The number of nitrogens with zero attached hydrogens (tertiary/aromatic N) is 4. The summed E-state index contributed by atoms with van der Waals surface area (Å²) in [4.78, 5) is 29.6. The quantitative estimate of drug-likeness (QED) is 0.506. The van der Waals surface area contributed by atoms with Gasteiger partial charge in [-0.3, -0.25) is 4.79 Å². The molecule has 1 saturated carbocycles. The highest BCUT2D eigenvalue weighted by Crippen LogP contribution is 2.35. The number of Topliss-reactive ketones (excluding diaryl/α,β-unsaturated/α-hetero) is 1. The first-order chi connectivity index (χ1) is 16.0. The molecule has 5 nitrogen and oxygen atoms in total. The first-order valence-electron chi connectivity index (χ1n) is 12.9. The topological polar surface area (TPSA) is 49.3 Å². The van der Waals surface area contributed by atoms with Gasteiger partial charge in [0.05, 0.1) is 10.7 Å². The summed E-state index contributed by atoms with van der Waals surface area (Å²) in [7, 11) is 0. The smallest absolute Gasteiger partial charge is 0.186 e. The van der Waals surface area contributed by atoms with Gasteiger partial charge in [-0.25, -0.2) is 9.97 Å². The number of carbonyl (C=O) groups is 1. The zero-order valence-electron chi connectivity index (χ0n) is 20.2. The van der Waals surface area contributed by atoms with Crippen LogP contribution in [0.4, 0.5) is 5.13 Å². The standard InChI is InChI=1S/C26H38N4OS2/c1-18-7-14-30(18)26-28-24-9-12-29(13-10-25(24)33-26)11-8-20-3-5-21(6-4-20)15-22(31)16-23-17-27-19(2)32-23/h17-18,20-21H,3-16H2,1-2H3. The van der Waals surface area contributed by atoms with Crippen molar-refractivity contribution in [3.8, 4) is 0 Å². The van der Waals surface area contributed by atoms with Crippen LogP contribution in [0.25, 0.3) is 0 Å². The van der Waals surface area contributed by atoms with Crippen LogP contribution in [0.3, 0.4) is 0 Å². The van der Waals surface area contributed by atoms with Crippen LogP contribution in [-0.2, 0) is 24.1 Å². The number of fused-ring (bicyclic) bond motifs is 1. The van der Waals surface area contributed by atoms with E-state index in [1.54, 1.807) is 11.3 Å². The Morgan fingerprint density at radius 2 is 1.85 bits per heavy atom. The Hall–Kier alpha value is -1.31. The average molecular weight is 487 g/mol. The molecule has 0 spiro atoms. The largest absolute Gasteiger partial charge is 0.345 e. The SMILES string of the molecule is Cc1ncc(CC(=O)CC2CCC(CCN3CCc4nc(N5CCC5C)sc4CC3)CC2)s1. The summed E-state index contributed by atoms with van der Waals surface area (Å²) >= 11 is 3.61. The average Bonchev–Trinajstić information content (AvgIpc) is 3.33. The van der Waals surface area contributed by atoms with Crippen LogP contribution in [0.5, 0.6) is 0 Å². The van der Waals surface area contributed by atoms with Crippen molar-refractivity contribution in [3.05, 3.63) is 26.7 Å². The molecule has 0 bridgehead atoms. The lowest BCUT2D eigenvalue weighted by molar-refractivity contribution is -0.119. The van der Waals surface area contributed by atoms with Crippen LogP contribution >= 0.6 is 22.7 Å². The predicted molar refractivity (Wildman–Crippen MR) is 138 cm³/mol.